The highest BCUT2D eigenvalue weighted by atomic mass is 35.5. The SMILES string of the molecule is O=C(/C=C/C12CC3CC(C1)CC(c1ccc(Cl)cc1)(C3)C2)c1ccc(O)cc1. The van der Waals surface area contributed by atoms with Crippen LogP contribution in [0.2, 0.25) is 5.02 Å². The Balaban J connectivity index is 1.44. The highest BCUT2D eigenvalue weighted by Gasteiger charge is 2.57. The van der Waals surface area contributed by atoms with Gasteiger partial charge in [0, 0.05) is 10.6 Å². The monoisotopic (exact) mass is 392 g/mol. The summed E-state index contributed by atoms with van der Waals surface area (Å²) in [7, 11) is 0. The number of aromatic hydroxyl groups is 1. The molecule has 4 bridgehead atoms. The zero-order valence-corrected chi connectivity index (χ0v) is 16.7. The molecule has 6 rings (SSSR count). The number of carbonyl (C=O) groups excluding carboxylic acids is 1. The van der Waals surface area contributed by atoms with Crippen LogP contribution in [0.15, 0.2) is 60.7 Å². The summed E-state index contributed by atoms with van der Waals surface area (Å²) in [5.41, 5.74) is 2.43. The highest BCUT2D eigenvalue weighted by Crippen LogP contribution is 2.66. The molecule has 0 saturated heterocycles. The van der Waals surface area contributed by atoms with Crippen molar-refractivity contribution in [1.29, 1.82) is 0 Å². The van der Waals surface area contributed by atoms with Crippen molar-refractivity contribution in [3.63, 3.8) is 0 Å². The fourth-order valence-electron chi connectivity index (χ4n) is 6.64. The number of phenols is 1. The van der Waals surface area contributed by atoms with Gasteiger partial charge in [-0.15, -0.1) is 0 Å². The highest BCUT2D eigenvalue weighted by molar-refractivity contribution is 6.30. The van der Waals surface area contributed by atoms with Gasteiger partial charge in [0.05, 0.1) is 0 Å². The fraction of sp³-hybridized carbons (Fsp3) is 0.400. The van der Waals surface area contributed by atoms with Crippen molar-refractivity contribution in [2.75, 3.05) is 0 Å². The Kier molecular flexibility index (Phi) is 4.17. The van der Waals surface area contributed by atoms with Crippen LogP contribution in [0.5, 0.6) is 5.75 Å². The van der Waals surface area contributed by atoms with Crippen LogP contribution >= 0.6 is 11.6 Å². The molecule has 2 nitrogen and oxygen atoms in total. The Morgan fingerprint density at radius 3 is 2.25 bits per heavy atom. The average molecular weight is 393 g/mol. The van der Waals surface area contributed by atoms with Crippen molar-refractivity contribution in [3.05, 3.63) is 76.8 Å². The normalized spacial score (nSPS) is 33.5. The molecule has 1 N–H and O–H groups in total. The van der Waals surface area contributed by atoms with E-state index in [9.17, 15) is 9.90 Å². The minimum atomic E-state index is 0.0243. The molecule has 0 radical (unpaired) electrons. The van der Waals surface area contributed by atoms with E-state index in [1.165, 1.54) is 37.7 Å². The molecular weight excluding hydrogens is 368 g/mol. The lowest BCUT2D eigenvalue weighted by molar-refractivity contribution is -0.0455. The number of ketones is 1. The van der Waals surface area contributed by atoms with E-state index in [2.05, 4.69) is 18.2 Å². The number of phenolic OH excluding ortho intramolecular Hbond substituents is 1. The molecular formula is C25H25ClO2. The van der Waals surface area contributed by atoms with E-state index in [4.69, 9.17) is 11.6 Å². The summed E-state index contributed by atoms with van der Waals surface area (Å²) >= 11 is 6.13. The molecule has 0 amide bonds. The molecule has 2 unspecified atom stereocenters. The first-order chi connectivity index (χ1) is 13.5. The molecule has 2 aromatic rings. The van der Waals surface area contributed by atoms with Crippen LogP contribution in [0.4, 0.5) is 0 Å². The summed E-state index contributed by atoms with van der Waals surface area (Å²) < 4.78 is 0. The van der Waals surface area contributed by atoms with Gasteiger partial charge in [-0.05, 0) is 109 Å². The van der Waals surface area contributed by atoms with Crippen LogP contribution < -0.4 is 0 Å². The zero-order valence-electron chi connectivity index (χ0n) is 15.9. The van der Waals surface area contributed by atoms with Crippen LogP contribution in [-0.2, 0) is 5.41 Å². The molecule has 144 valence electrons. The van der Waals surface area contributed by atoms with Gasteiger partial charge in [0.25, 0.3) is 0 Å². The second-order valence-corrected chi connectivity index (χ2v) is 9.79. The first kappa shape index (κ1) is 18.0. The van der Waals surface area contributed by atoms with Crippen LogP contribution in [0.3, 0.4) is 0 Å². The number of benzene rings is 2. The van der Waals surface area contributed by atoms with E-state index < -0.39 is 0 Å². The second-order valence-electron chi connectivity index (χ2n) is 9.36. The number of carbonyl (C=O) groups is 1. The Morgan fingerprint density at radius 2 is 1.61 bits per heavy atom. The molecule has 4 fully saturated rings. The molecule has 4 aliphatic carbocycles. The molecule has 28 heavy (non-hydrogen) atoms. The molecule has 4 aliphatic rings. The topological polar surface area (TPSA) is 37.3 Å². The smallest absolute Gasteiger partial charge is 0.185 e. The third-order valence-corrected chi connectivity index (χ3v) is 7.55. The lowest BCUT2D eigenvalue weighted by Gasteiger charge is -2.62. The number of hydrogen-bond acceptors (Lipinski definition) is 2. The minimum absolute atomic E-state index is 0.0243. The van der Waals surface area contributed by atoms with E-state index in [1.54, 1.807) is 30.3 Å². The van der Waals surface area contributed by atoms with E-state index in [-0.39, 0.29) is 22.4 Å². The van der Waals surface area contributed by atoms with Crippen LogP contribution in [-0.4, -0.2) is 10.9 Å². The lowest BCUT2D eigenvalue weighted by atomic mass is 9.43. The predicted molar refractivity (Wildman–Crippen MR) is 112 cm³/mol. The first-order valence-electron chi connectivity index (χ1n) is 10.2. The van der Waals surface area contributed by atoms with Crippen molar-refractivity contribution in [2.45, 2.75) is 43.9 Å². The van der Waals surface area contributed by atoms with E-state index in [0.29, 0.717) is 5.56 Å². The van der Waals surface area contributed by atoms with Crippen LogP contribution in [0.25, 0.3) is 0 Å². The van der Waals surface area contributed by atoms with E-state index in [1.807, 2.05) is 12.1 Å². The molecule has 2 atom stereocenters. The van der Waals surface area contributed by atoms with Gasteiger partial charge in [0.1, 0.15) is 5.75 Å². The molecule has 0 aliphatic heterocycles. The Hall–Kier alpha value is -2.06. The standard InChI is InChI=1S/C25H25ClO2/c26-21-5-3-20(4-6-21)25-14-17-11-18(15-25)13-24(12-17,16-25)10-9-23(28)19-1-7-22(27)8-2-19/h1-10,17-18,27H,11-16H2/b10-9+. The maximum atomic E-state index is 12.7. The van der Waals surface area contributed by atoms with Crippen molar-refractivity contribution in [2.24, 2.45) is 17.3 Å². The van der Waals surface area contributed by atoms with Crippen molar-refractivity contribution in [1.82, 2.24) is 0 Å². The summed E-state index contributed by atoms with van der Waals surface area (Å²) in [6.45, 7) is 0. The fourth-order valence-corrected chi connectivity index (χ4v) is 6.77. The summed E-state index contributed by atoms with van der Waals surface area (Å²) in [6, 6.07) is 15.0. The van der Waals surface area contributed by atoms with Gasteiger partial charge >= 0.3 is 0 Å². The van der Waals surface area contributed by atoms with Crippen LogP contribution in [0.1, 0.15) is 54.4 Å². The number of halogens is 1. The Morgan fingerprint density at radius 1 is 0.964 bits per heavy atom. The summed E-state index contributed by atoms with van der Waals surface area (Å²) in [5, 5.41) is 10.2. The Bertz CT molecular complexity index is 912. The number of allylic oxidation sites excluding steroid dienone is 2. The molecule has 0 heterocycles. The molecule has 4 saturated carbocycles. The van der Waals surface area contributed by atoms with Crippen molar-refractivity contribution >= 4 is 17.4 Å². The lowest BCUT2D eigenvalue weighted by Crippen LogP contribution is -2.53. The van der Waals surface area contributed by atoms with Gasteiger partial charge in [-0.25, -0.2) is 0 Å². The maximum Gasteiger partial charge on any atom is 0.185 e. The van der Waals surface area contributed by atoms with Gasteiger partial charge in [0.15, 0.2) is 5.78 Å². The van der Waals surface area contributed by atoms with Gasteiger partial charge in [-0.3, -0.25) is 4.79 Å². The van der Waals surface area contributed by atoms with Crippen molar-refractivity contribution in [3.8, 4) is 5.75 Å². The van der Waals surface area contributed by atoms with Gasteiger partial charge < -0.3 is 5.11 Å². The number of rotatable bonds is 4. The summed E-state index contributed by atoms with van der Waals surface area (Å²) in [4.78, 5) is 12.7. The second kappa shape index (κ2) is 6.49. The van der Waals surface area contributed by atoms with Crippen molar-refractivity contribution < 1.29 is 9.90 Å². The number of hydrogen-bond donors (Lipinski definition) is 1. The molecule has 2 aromatic carbocycles. The van der Waals surface area contributed by atoms with Gasteiger partial charge in [0.2, 0.25) is 0 Å². The quantitative estimate of drug-likeness (QED) is 0.488. The average Bonchev–Trinajstić information content (AvgIpc) is 2.66. The van der Waals surface area contributed by atoms with Gasteiger partial charge in [-0.1, -0.05) is 29.8 Å². The zero-order chi connectivity index (χ0) is 19.4. The maximum absolute atomic E-state index is 12.7. The largest absolute Gasteiger partial charge is 0.508 e. The van der Waals surface area contributed by atoms with Crippen LogP contribution in [0, 0.1) is 17.3 Å². The first-order valence-corrected chi connectivity index (χ1v) is 10.6. The van der Waals surface area contributed by atoms with Gasteiger partial charge in [-0.2, -0.15) is 0 Å². The van der Waals surface area contributed by atoms with E-state index in [0.717, 1.165) is 23.3 Å². The molecule has 0 spiro atoms. The molecule has 3 heteroatoms. The predicted octanol–water partition coefficient (Wildman–Crippen LogP) is 6.32. The van der Waals surface area contributed by atoms with E-state index >= 15 is 0 Å². The Labute approximate surface area is 171 Å². The minimum Gasteiger partial charge on any atom is -0.508 e. The third-order valence-electron chi connectivity index (χ3n) is 7.30. The molecule has 0 aromatic heterocycles. The summed E-state index contributed by atoms with van der Waals surface area (Å²) in [6.07, 6.45) is 11.4. The summed E-state index contributed by atoms with van der Waals surface area (Å²) in [5.74, 6) is 1.72. The third kappa shape index (κ3) is 3.08.